The van der Waals surface area contributed by atoms with E-state index < -0.39 is 23.1 Å². The Kier molecular flexibility index (Phi) is 5.12. The van der Waals surface area contributed by atoms with Crippen molar-refractivity contribution in [1.29, 1.82) is 0 Å². The van der Waals surface area contributed by atoms with Gasteiger partial charge in [0.25, 0.3) is 0 Å². The van der Waals surface area contributed by atoms with Crippen molar-refractivity contribution in [2.75, 3.05) is 0 Å². The summed E-state index contributed by atoms with van der Waals surface area (Å²) in [7, 11) is 0. The number of benzene rings is 1. The van der Waals surface area contributed by atoms with E-state index in [1.54, 1.807) is 17.5 Å². The fourth-order valence-electron chi connectivity index (χ4n) is 2.99. The number of thiazole rings is 1. The predicted molar refractivity (Wildman–Crippen MR) is 111 cm³/mol. The van der Waals surface area contributed by atoms with E-state index in [2.05, 4.69) is 9.97 Å². The summed E-state index contributed by atoms with van der Waals surface area (Å²) in [5.74, 6) is -2.52. The molecular formula is C21H15FN2O3S2. The van der Waals surface area contributed by atoms with Gasteiger partial charge < -0.3 is 10.2 Å². The first-order valence-electron chi connectivity index (χ1n) is 8.62. The van der Waals surface area contributed by atoms with Gasteiger partial charge in [-0.05, 0) is 36.8 Å². The van der Waals surface area contributed by atoms with Crippen molar-refractivity contribution < 1.29 is 19.4 Å². The Bertz CT molecular complexity index is 1200. The van der Waals surface area contributed by atoms with Gasteiger partial charge in [-0.25, -0.2) is 14.2 Å². The molecule has 1 aromatic carbocycles. The van der Waals surface area contributed by atoms with Crippen LogP contribution in [0.15, 0.2) is 48.1 Å². The van der Waals surface area contributed by atoms with Crippen LogP contribution in [0.2, 0.25) is 0 Å². The number of hydrogen-bond acceptors (Lipinski definition) is 6. The van der Waals surface area contributed by atoms with E-state index in [-0.39, 0.29) is 5.56 Å². The van der Waals surface area contributed by atoms with E-state index in [0.29, 0.717) is 11.3 Å². The topological polar surface area (TPSA) is 83.3 Å². The Balaban J connectivity index is 1.65. The van der Waals surface area contributed by atoms with Gasteiger partial charge in [0.2, 0.25) is 0 Å². The number of hydrogen-bond donors (Lipinski definition) is 2. The van der Waals surface area contributed by atoms with Gasteiger partial charge in [-0.1, -0.05) is 6.07 Å². The third-order valence-electron chi connectivity index (χ3n) is 4.36. The molecule has 0 unspecified atom stereocenters. The van der Waals surface area contributed by atoms with Crippen LogP contribution in [0.1, 0.15) is 26.6 Å². The lowest BCUT2D eigenvalue weighted by molar-refractivity contribution is 0.0693. The first-order valence-corrected chi connectivity index (χ1v) is 10.3. The second-order valence-electron chi connectivity index (χ2n) is 6.41. The third-order valence-corrected chi connectivity index (χ3v) is 6.53. The molecule has 0 bridgehead atoms. The van der Waals surface area contributed by atoms with Gasteiger partial charge in [-0.2, -0.15) is 0 Å². The van der Waals surface area contributed by atoms with Crippen molar-refractivity contribution in [3.05, 3.63) is 75.8 Å². The van der Waals surface area contributed by atoms with E-state index in [1.807, 2.05) is 36.7 Å². The van der Waals surface area contributed by atoms with Crippen molar-refractivity contribution in [2.24, 2.45) is 0 Å². The highest BCUT2D eigenvalue weighted by Gasteiger charge is 2.18. The molecule has 5 nitrogen and oxygen atoms in total. The van der Waals surface area contributed by atoms with Crippen LogP contribution in [0.25, 0.3) is 20.9 Å². The zero-order chi connectivity index (χ0) is 20.5. The van der Waals surface area contributed by atoms with Crippen LogP contribution >= 0.6 is 22.7 Å². The first-order chi connectivity index (χ1) is 13.9. The number of carboxylic acids is 1. The number of rotatable bonds is 5. The fourth-order valence-corrected chi connectivity index (χ4v) is 5.07. The van der Waals surface area contributed by atoms with Gasteiger partial charge in [0.1, 0.15) is 17.1 Å². The summed E-state index contributed by atoms with van der Waals surface area (Å²) in [6.07, 6.45) is 4.24. The molecule has 3 aromatic heterocycles. The summed E-state index contributed by atoms with van der Waals surface area (Å²) in [5, 5.41) is 21.8. The molecule has 146 valence electrons. The van der Waals surface area contributed by atoms with Gasteiger partial charge in [0, 0.05) is 40.2 Å². The van der Waals surface area contributed by atoms with Crippen LogP contribution < -0.4 is 0 Å². The van der Waals surface area contributed by atoms with Gasteiger partial charge in [0.05, 0.1) is 15.6 Å². The van der Waals surface area contributed by atoms with E-state index in [0.717, 1.165) is 38.8 Å². The molecule has 0 amide bonds. The van der Waals surface area contributed by atoms with Gasteiger partial charge in [-0.15, -0.1) is 22.7 Å². The molecule has 29 heavy (non-hydrogen) atoms. The zero-order valence-corrected chi connectivity index (χ0v) is 16.9. The minimum absolute atomic E-state index is 0.168. The number of halogens is 1. The molecule has 4 aromatic rings. The number of aromatic hydroxyl groups is 1. The number of phenols is 1. The van der Waals surface area contributed by atoms with Crippen molar-refractivity contribution in [3.8, 4) is 26.6 Å². The summed E-state index contributed by atoms with van der Waals surface area (Å²) < 4.78 is 14.4. The Labute approximate surface area is 173 Å². The average Bonchev–Trinajstić information content (AvgIpc) is 3.30. The van der Waals surface area contributed by atoms with Crippen molar-refractivity contribution in [2.45, 2.75) is 13.3 Å². The number of aryl methyl sites for hydroxylation is 1. The van der Waals surface area contributed by atoms with Crippen LogP contribution in [0, 0.1) is 12.7 Å². The van der Waals surface area contributed by atoms with E-state index in [4.69, 9.17) is 5.11 Å². The summed E-state index contributed by atoms with van der Waals surface area (Å²) in [5.41, 5.74) is 2.60. The molecule has 0 aliphatic carbocycles. The van der Waals surface area contributed by atoms with Crippen molar-refractivity contribution in [1.82, 2.24) is 9.97 Å². The highest BCUT2D eigenvalue weighted by atomic mass is 32.1. The lowest BCUT2D eigenvalue weighted by Gasteiger charge is -2.04. The number of carbonyl (C=O) groups is 1. The molecule has 0 spiro atoms. The predicted octanol–water partition coefficient (Wildman–Crippen LogP) is 5.38. The second kappa shape index (κ2) is 7.73. The van der Waals surface area contributed by atoms with Crippen LogP contribution in [0.5, 0.6) is 5.75 Å². The Hall–Kier alpha value is -3.10. The SMILES string of the molecule is Cc1nc(Cc2cccnc2)sc1-c1csc(-c2cc(O)c(C(=O)O)cc2F)c1. The van der Waals surface area contributed by atoms with Crippen LogP contribution in [0.4, 0.5) is 4.39 Å². The Morgan fingerprint density at radius 2 is 2.10 bits per heavy atom. The number of aromatic nitrogens is 2. The van der Waals surface area contributed by atoms with Crippen molar-refractivity contribution >= 4 is 28.6 Å². The fraction of sp³-hybridized carbons (Fsp3) is 0.0952. The van der Waals surface area contributed by atoms with Gasteiger partial charge >= 0.3 is 5.97 Å². The molecule has 3 heterocycles. The Morgan fingerprint density at radius 1 is 1.28 bits per heavy atom. The van der Waals surface area contributed by atoms with E-state index in [1.165, 1.54) is 11.3 Å². The molecule has 0 aliphatic rings. The lowest BCUT2D eigenvalue weighted by atomic mass is 10.1. The maximum atomic E-state index is 14.4. The highest BCUT2D eigenvalue weighted by Crippen LogP contribution is 2.39. The monoisotopic (exact) mass is 426 g/mol. The van der Waals surface area contributed by atoms with Crippen LogP contribution in [-0.2, 0) is 6.42 Å². The number of pyridine rings is 1. The molecule has 0 aliphatic heterocycles. The van der Waals surface area contributed by atoms with Crippen LogP contribution in [0.3, 0.4) is 0 Å². The lowest BCUT2D eigenvalue weighted by Crippen LogP contribution is -1.98. The standard InChI is InChI=1S/C21H15FN2O3S2/c1-11-20(29-19(24-11)5-12-3-2-4-23-9-12)13-6-18(28-10-13)14-8-17(25)15(21(26)27)7-16(14)22/h2-4,6-10,25H,5H2,1H3,(H,26,27). The largest absolute Gasteiger partial charge is 0.507 e. The highest BCUT2D eigenvalue weighted by molar-refractivity contribution is 7.17. The summed E-state index contributed by atoms with van der Waals surface area (Å²) >= 11 is 2.90. The first kappa shape index (κ1) is 19.2. The van der Waals surface area contributed by atoms with Gasteiger partial charge in [-0.3, -0.25) is 4.98 Å². The number of thiophene rings is 1. The average molecular weight is 426 g/mol. The number of nitrogens with zero attached hydrogens (tertiary/aromatic N) is 2. The van der Waals surface area contributed by atoms with Crippen molar-refractivity contribution in [3.63, 3.8) is 0 Å². The summed E-state index contributed by atoms with van der Waals surface area (Å²) in [4.78, 5) is 21.4. The molecule has 0 atom stereocenters. The molecule has 0 fully saturated rings. The maximum Gasteiger partial charge on any atom is 0.339 e. The Morgan fingerprint density at radius 3 is 2.83 bits per heavy atom. The minimum Gasteiger partial charge on any atom is -0.507 e. The van der Waals surface area contributed by atoms with Crippen LogP contribution in [-0.4, -0.2) is 26.2 Å². The minimum atomic E-state index is -1.37. The molecular weight excluding hydrogens is 411 g/mol. The molecule has 0 radical (unpaired) electrons. The van der Waals surface area contributed by atoms with Gasteiger partial charge in [0.15, 0.2) is 0 Å². The molecule has 8 heteroatoms. The molecule has 0 saturated carbocycles. The summed E-state index contributed by atoms with van der Waals surface area (Å²) in [6, 6.07) is 7.72. The van der Waals surface area contributed by atoms with E-state index in [9.17, 15) is 14.3 Å². The molecule has 2 N–H and O–H groups in total. The zero-order valence-electron chi connectivity index (χ0n) is 15.2. The quantitative estimate of drug-likeness (QED) is 0.448. The number of aromatic carboxylic acids is 1. The third kappa shape index (κ3) is 3.90. The number of carboxylic acid groups (broad SMARTS) is 1. The smallest absolute Gasteiger partial charge is 0.339 e. The molecule has 4 rings (SSSR count). The maximum absolute atomic E-state index is 14.4. The second-order valence-corrected chi connectivity index (χ2v) is 8.41. The summed E-state index contributed by atoms with van der Waals surface area (Å²) in [6.45, 7) is 1.93. The normalized spacial score (nSPS) is 11.0. The molecule has 0 saturated heterocycles. The van der Waals surface area contributed by atoms with E-state index >= 15 is 0 Å².